The maximum Gasteiger partial charge on any atom is 0.319 e. The molecule has 23 heavy (non-hydrogen) atoms. The summed E-state index contributed by atoms with van der Waals surface area (Å²) in [6.45, 7) is -1.87. The van der Waals surface area contributed by atoms with E-state index in [0.717, 1.165) is 0 Å². The van der Waals surface area contributed by atoms with Crippen molar-refractivity contribution in [1.29, 1.82) is 0 Å². The third-order valence-electron chi connectivity index (χ3n) is 3.21. The van der Waals surface area contributed by atoms with Crippen LogP contribution in [0.25, 0.3) is 0 Å². The average molecular weight is 330 g/mol. The van der Waals surface area contributed by atoms with E-state index in [0.29, 0.717) is 22.9 Å². The van der Waals surface area contributed by atoms with E-state index in [-0.39, 0.29) is 0 Å². The van der Waals surface area contributed by atoms with Gasteiger partial charge >= 0.3 is 6.03 Å². The maximum atomic E-state index is 12.0. The smallest absolute Gasteiger partial charge is 0.319 e. The van der Waals surface area contributed by atoms with Gasteiger partial charge in [0.2, 0.25) is 5.75 Å². The lowest BCUT2D eigenvalue weighted by Crippen LogP contribution is -2.58. The molecule has 9 heteroatoms. The molecule has 0 radical (unpaired) electrons. The fraction of sp³-hybridized carbons (Fsp3) is 0.500. The third-order valence-corrected chi connectivity index (χ3v) is 3.21. The predicted octanol–water partition coefficient (Wildman–Crippen LogP) is -0.450. The molecule has 1 aromatic rings. The lowest BCUT2D eigenvalue weighted by molar-refractivity contribution is 0.0507. The van der Waals surface area contributed by atoms with Crippen LogP contribution in [0.2, 0.25) is 0 Å². The van der Waals surface area contributed by atoms with Gasteiger partial charge in [-0.1, -0.05) is 0 Å². The second-order valence-corrected chi connectivity index (χ2v) is 4.75. The van der Waals surface area contributed by atoms with Gasteiger partial charge in [-0.3, -0.25) is 0 Å². The summed E-state index contributed by atoms with van der Waals surface area (Å²) in [4.78, 5) is 12.0. The van der Waals surface area contributed by atoms with Crippen LogP contribution in [0.5, 0.6) is 17.2 Å². The first-order chi connectivity index (χ1) is 11.0. The lowest BCUT2D eigenvalue weighted by Gasteiger charge is -2.28. The van der Waals surface area contributed by atoms with Crippen LogP contribution in [0.15, 0.2) is 12.1 Å². The Hall–Kier alpha value is -2.23. The molecule has 9 nitrogen and oxygen atoms in total. The molecule has 0 unspecified atom stereocenters. The number of amides is 2. The molecule has 1 aromatic carbocycles. The average Bonchev–Trinajstić information content (AvgIpc) is 2.58. The summed E-state index contributed by atoms with van der Waals surface area (Å²) in [6, 6.07) is 2.30. The van der Waals surface area contributed by atoms with Gasteiger partial charge < -0.3 is 40.2 Å². The van der Waals surface area contributed by atoms with E-state index in [1.165, 1.54) is 33.5 Å². The Balaban J connectivity index is 2.98. The molecule has 0 fully saturated rings. The number of ether oxygens (including phenoxy) is 3. The summed E-state index contributed by atoms with van der Waals surface area (Å²) < 4.78 is 15.5. The zero-order valence-corrected chi connectivity index (χ0v) is 13.3. The first kappa shape index (κ1) is 18.8. The fourth-order valence-electron chi connectivity index (χ4n) is 1.83. The van der Waals surface area contributed by atoms with Crippen molar-refractivity contribution >= 4 is 11.7 Å². The van der Waals surface area contributed by atoms with Crippen molar-refractivity contribution in [2.45, 2.75) is 5.54 Å². The highest BCUT2D eigenvalue weighted by Crippen LogP contribution is 2.39. The van der Waals surface area contributed by atoms with Gasteiger partial charge in [0.15, 0.2) is 11.5 Å². The first-order valence-corrected chi connectivity index (χ1v) is 6.71. The van der Waals surface area contributed by atoms with E-state index >= 15 is 0 Å². The molecule has 0 saturated carbocycles. The topological polar surface area (TPSA) is 130 Å². The SMILES string of the molecule is COc1cc(NC(=O)NC(CO)(CO)CO)cc(OC)c1OC. The maximum absolute atomic E-state index is 12.0. The number of aliphatic hydroxyl groups is 3. The van der Waals surface area contributed by atoms with Gasteiger partial charge in [0.05, 0.1) is 46.8 Å². The monoisotopic (exact) mass is 330 g/mol. The van der Waals surface area contributed by atoms with E-state index in [2.05, 4.69) is 10.6 Å². The summed E-state index contributed by atoms with van der Waals surface area (Å²) in [6.07, 6.45) is 0. The zero-order valence-electron chi connectivity index (χ0n) is 13.3. The number of anilines is 1. The molecule has 1 rings (SSSR count). The van der Waals surface area contributed by atoms with Gasteiger partial charge in [0.1, 0.15) is 5.54 Å². The Labute approximate surface area is 133 Å². The summed E-state index contributed by atoms with van der Waals surface area (Å²) >= 11 is 0. The lowest BCUT2D eigenvalue weighted by atomic mass is 10.0. The number of aliphatic hydroxyl groups excluding tert-OH is 3. The van der Waals surface area contributed by atoms with E-state index in [1.54, 1.807) is 0 Å². The molecule has 130 valence electrons. The Morgan fingerprint density at radius 3 is 1.83 bits per heavy atom. The number of carbonyl (C=O) groups excluding carboxylic acids is 1. The van der Waals surface area contributed by atoms with Gasteiger partial charge in [-0.2, -0.15) is 0 Å². The quantitative estimate of drug-likeness (QED) is 0.436. The van der Waals surface area contributed by atoms with Crippen molar-refractivity contribution in [3.05, 3.63) is 12.1 Å². The number of methoxy groups -OCH3 is 3. The Morgan fingerprint density at radius 1 is 1.00 bits per heavy atom. The highest BCUT2D eigenvalue weighted by atomic mass is 16.5. The molecular formula is C14H22N2O7. The Bertz CT molecular complexity index is 499. The molecule has 2 amide bonds. The first-order valence-electron chi connectivity index (χ1n) is 6.71. The molecule has 0 saturated heterocycles. The minimum Gasteiger partial charge on any atom is -0.493 e. The van der Waals surface area contributed by atoms with E-state index < -0.39 is 31.4 Å². The molecule has 0 aromatic heterocycles. The minimum atomic E-state index is -1.52. The van der Waals surface area contributed by atoms with Gasteiger partial charge in [0, 0.05) is 12.1 Å². The van der Waals surface area contributed by atoms with Crippen molar-refractivity contribution in [1.82, 2.24) is 5.32 Å². The van der Waals surface area contributed by atoms with Crippen LogP contribution in [0.3, 0.4) is 0 Å². The summed E-state index contributed by atoms with van der Waals surface area (Å²) in [5, 5.41) is 32.4. The number of hydrogen-bond donors (Lipinski definition) is 5. The van der Waals surface area contributed by atoms with Crippen LogP contribution in [0, 0.1) is 0 Å². The molecule has 0 aliphatic heterocycles. The Kier molecular flexibility index (Phi) is 6.89. The van der Waals surface area contributed by atoms with Gasteiger partial charge in [0.25, 0.3) is 0 Å². The van der Waals surface area contributed by atoms with Crippen molar-refractivity contribution in [3.8, 4) is 17.2 Å². The number of carbonyl (C=O) groups is 1. The molecule has 0 aliphatic carbocycles. The van der Waals surface area contributed by atoms with Crippen LogP contribution in [0.4, 0.5) is 10.5 Å². The second-order valence-electron chi connectivity index (χ2n) is 4.75. The number of urea groups is 1. The molecule has 0 bridgehead atoms. The highest BCUT2D eigenvalue weighted by molar-refractivity contribution is 5.90. The highest BCUT2D eigenvalue weighted by Gasteiger charge is 2.30. The number of hydrogen-bond acceptors (Lipinski definition) is 7. The van der Waals surface area contributed by atoms with Crippen LogP contribution in [-0.2, 0) is 0 Å². The predicted molar refractivity (Wildman–Crippen MR) is 82.2 cm³/mol. The van der Waals surface area contributed by atoms with Crippen LogP contribution in [0.1, 0.15) is 0 Å². The van der Waals surface area contributed by atoms with Crippen LogP contribution < -0.4 is 24.8 Å². The normalized spacial score (nSPS) is 10.9. The minimum absolute atomic E-state index is 0.333. The Morgan fingerprint density at radius 2 is 1.48 bits per heavy atom. The van der Waals surface area contributed by atoms with Crippen LogP contribution >= 0.6 is 0 Å². The molecule has 0 atom stereocenters. The molecule has 5 N–H and O–H groups in total. The van der Waals surface area contributed by atoms with Gasteiger partial charge in [-0.15, -0.1) is 0 Å². The summed E-state index contributed by atoms with van der Waals surface area (Å²) in [5.41, 5.74) is -1.19. The molecule has 0 aliphatic rings. The largest absolute Gasteiger partial charge is 0.493 e. The molecular weight excluding hydrogens is 308 g/mol. The van der Waals surface area contributed by atoms with Gasteiger partial charge in [-0.25, -0.2) is 4.79 Å². The van der Waals surface area contributed by atoms with Crippen molar-refractivity contribution in [2.24, 2.45) is 0 Å². The van der Waals surface area contributed by atoms with E-state index in [9.17, 15) is 20.1 Å². The number of nitrogens with one attached hydrogen (secondary N) is 2. The second kappa shape index (κ2) is 8.42. The van der Waals surface area contributed by atoms with Gasteiger partial charge in [-0.05, 0) is 0 Å². The number of rotatable bonds is 8. The standard InChI is InChI=1S/C14H22N2O7/c1-21-10-4-9(5-11(22-2)12(10)23-3)15-13(20)16-14(6-17,7-18)8-19/h4-5,17-19H,6-8H2,1-3H3,(H2,15,16,20). The third kappa shape index (κ3) is 4.38. The van der Waals surface area contributed by atoms with E-state index in [4.69, 9.17) is 14.2 Å². The van der Waals surface area contributed by atoms with E-state index in [1.807, 2.05) is 0 Å². The molecule has 0 spiro atoms. The number of benzene rings is 1. The van der Waals surface area contributed by atoms with Crippen LogP contribution in [-0.4, -0.2) is 68.0 Å². The van der Waals surface area contributed by atoms with Crippen molar-refractivity contribution < 1.29 is 34.3 Å². The van der Waals surface area contributed by atoms with Crippen molar-refractivity contribution in [3.63, 3.8) is 0 Å². The van der Waals surface area contributed by atoms with Crippen molar-refractivity contribution in [2.75, 3.05) is 46.5 Å². The summed E-state index contributed by atoms with van der Waals surface area (Å²) in [5.74, 6) is 1.07. The summed E-state index contributed by atoms with van der Waals surface area (Å²) in [7, 11) is 4.34. The zero-order chi connectivity index (χ0) is 17.5. The molecule has 0 heterocycles. The fourth-order valence-corrected chi connectivity index (χ4v) is 1.83.